The molecule has 2 heterocycles. The SMILES string of the molecule is Cc1ccc(C)c(N2CCN(C(=O)c3cc(-c4cccc5ccccc45)n[nH]3)CC2)c1. The van der Waals surface area contributed by atoms with Crippen molar-refractivity contribution in [2.24, 2.45) is 0 Å². The maximum absolute atomic E-state index is 13.1. The number of carbonyl (C=O) groups excluding carboxylic acids is 1. The fraction of sp³-hybridized carbons (Fsp3) is 0.231. The number of hydrogen-bond acceptors (Lipinski definition) is 3. The lowest BCUT2D eigenvalue weighted by atomic mass is 10.0. The smallest absolute Gasteiger partial charge is 0.272 e. The van der Waals surface area contributed by atoms with Gasteiger partial charge in [-0.25, -0.2) is 0 Å². The molecule has 0 spiro atoms. The Labute approximate surface area is 182 Å². The zero-order chi connectivity index (χ0) is 21.4. The van der Waals surface area contributed by atoms with E-state index in [1.54, 1.807) is 0 Å². The lowest BCUT2D eigenvalue weighted by Gasteiger charge is -2.36. The number of piperazine rings is 1. The molecule has 1 aliphatic rings. The van der Waals surface area contributed by atoms with Crippen molar-refractivity contribution in [2.45, 2.75) is 13.8 Å². The van der Waals surface area contributed by atoms with Gasteiger partial charge < -0.3 is 9.80 Å². The highest BCUT2D eigenvalue weighted by Crippen LogP contribution is 2.28. The zero-order valence-corrected chi connectivity index (χ0v) is 17.9. The summed E-state index contributed by atoms with van der Waals surface area (Å²) in [6, 6.07) is 22.8. The molecule has 1 aromatic heterocycles. The molecule has 156 valence electrons. The Bertz CT molecular complexity index is 1250. The van der Waals surface area contributed by atoms with Crippen molar-refractivity contribution < 1.29 is 4.79 Å². The average Bonchev–Trinajstić information content (AvgIpc) is 3.30. The fourth-order valence-corrected chi connectivity index (χ4v) is 4.40. The summed E-state index contributed by atoms with van der Waals surface area (Å²) in [5.41, 5.74) is 6.19. The molecule has 1 N–H and O–H groups in total. The van der Waals surface area contributed by atoms with Crippen LogP contribution in [0.5, 0.6) is 0 Å². The van der Waals surface area contributed by atoms with Gasteiger partial charge in [-0.1, -0.05) is 54.6 Å². The number of carbonyl (C=O) groups is 1. The third kappa shape index (κ3) is 3.67. The lowest BCUT2D eigenvalue weighted by Crippen LogP contribution is -2.49. The number of anilines is 1. The molecule has 5 nitrogen and oxygen atoms in total. The normalized spacial score (nSPS) is 14.3. The molecule has 31 heavy (non-hydrogen) atoms. The average molecular weight is 411 g/mol. The zero-order valence-electron chi connectivity index (χ0n) is 17.9. The van der Waals surface area contributed by atoms with Crippen molar-refractivity contribution in [1.29, 1.82) is 0 Å². The van der Waals surface area contributed by atoms with Gasteiger partial charge in [0, 0.05) is 37.4 Å². The predicted molar refractivity (Wildman–Crippen MR) is 126 cm³/mol. The van der Waals surface area contributed by atoms with E-state index >= 15 is 0 Å². The summed E-state index contributed by atoms with van der Waals surface area (Å²) in [5.74, 6) is 0.0135. The van der Waals surface area contributed by atoms with E-state index in [0.29, 0.717) is 18.8 Å². The minimum absolute atomic E-state index is 0.0135. The summed E-state index contributed by atoms with van der Waals surface area (Å²) in [6.45, 7) is 7.34. The lowest BCUT2D eigenvalue weighted by molar-refractivity contribution is 0.0741. The van der Waals surface area contributed by atoms with Crippen LogP contribution in [0.15, 0.2) is 66.7 Å². The van der Waals surface area contributed by atoms with E-state index < -0.39 is 0 Å². The van der Waals surface area contributed by atoms with Crippen molar-refractivity contribution in [1.82, 2.24) is 15.1 Å². The molecule has 1 fully saturated rings. The monoisotopic (exact) mass is 410 g/mol. The van der Waals surface area contributed by atoms with E-state index in [4.69, 9.17) is 0 Å². The fourth-order valence-electron chi connectivity index (χ4n) is 4.40. The molecule has 0 atom stereocenters. The Kier molecular flexibility index (Phi) is 4.94. The highest BCUT2D eigenvalue weighted by atomic mass is 16.2. The van der Waals surface area contributed by atoms with E-state index in [1.807, 2.05) is 29.2 Å². The molecule has 0 aliphatic carbocycles. The van der Waals surface area contributed by atoms with Gasteiger partial charge in [0.25, 0.3) is 5.91 Å². The number of nitrogens with zero attached hydrogens (tertiary/aromatic N) is 3. The van der Waals surface area contributed by atoms with E-state index in [1.165, 1.54) is 22.2 Å². The van der Waals surface area contributed by atoms with Gasteiger partial charge in [-0.05, 0) is 47.9 Å². The van der Waals surface area contributed by atoms with Gasteiger partial charge in [-0.2, -0.15) is 5.10 Å². The van der Waals surface area contributed by atoms with Crippen LogP contribution in [0, 0.1) is 13.8 Å². The first kappa shape index (κ1) is 19.4. The third-order valence-corrected chi connectivity index (χ3v) is 6.15. The number of H-pyrrole nitrogens is 1. The number of aromatic nitrogens is 2. The van der Waals surface area contributed by atoms with Gasteiger partial charge in [0.2, 0.25) is 0 Å². The van der Waals surface area contributed by atoms with Crippen LogP contribution in [0.2, 0.25) is 0 Å². The number of aromatic amines is 1. The molecule has 3 aromatic carbocycles. The van der Waals surface area contributed by atoms with Gasteiger partial charge in [-0.15, -0.1) is 0 Å². The highest BCUT2D eigenvalue weighted by Gasteiger charge is 2.24. The topological polar surface area (TPSA) is 52.2 Å². The summed E-state index contributed by atoms with van der Waals surface area (Å²) in [5, 5.41) is 9.73. The van der Waals surface area contributed by atoms with Gasteiger partial charge in [0.1, 0.15) is 5.69 Å². The summed E-state index contributed by atoms with van der Waals surface area (Å²) in [6.07, 6.45) is 0. The molecule has 5 heteroatoms. The van der Waals surface area contributed by atoms with Crippen molar-refractivity contribution in [3.63, 3.8) is 0 Å². The second kappa shape index (κ2) is 7.91. The molecule has 0 bridgehead atoms. The molecule has 4 aromatic rings. The maximum Gasteiger partial charge on any atom is 0.272 e. The van der Waals surface area contributed by atoms with Gasteiger partial charge in [-0.3, -0.25) is 9.89 Å². The van der Waals surface area contributed by atoms with Crippen LogP contribution in [-0.2, 0) is 0 Å². The first-order valence-corrected chi connectivity index (χ1v) is 10.8. The largest absolute Gasteiger partial charge is 0.368 e. The standard InChI is InChI=1S/C26H26N4O/c1-18-10-11-19(2)25(16-18)29-12-14-30(15-13-29)26(31)24-17-23(27-28-24)22-9-5-7-20-6-3-4-8-21(20)22/h3-11,16-17H,12-15H2,1-2H3,(H,27,28). The number of fused-ring (bicyclic) bond motifs is 1. The minimum atomic E-state index is 0.0135. The second-order valence-corrected chi connectivity index (χ2v) is 8.26. The Hall–Kier alpha value is -3.60. The predicted octanol–water partition coefficient (Wildman–Crippen LogP) is 4.81. The molecule has 1 saturated heterocycles. The maximum atomic E-state index is 13.1. The molecule has 5 rings (SSSR count). The van der Waals surface area contributed by atoms with Crippen LogP contribution in [0.1, 0.15) is 21.6 Å². The minimum Gasteiger partial charge on any atom is -0.368 e. The quantitative estimate of drug-likeness (QED) is 0.527. The Balaban J connectivity index is 1.32. The summed E-state index contributed by atoms with van der Waals surface area (Å²) in [4.78, 5) is 17.4. The van der Waals surface area contributed by atoms with E-state index in [0.717, 1.165) is 29.7 Å². The van der Waals surface area contributed by atoms with Crippen LogP contribution in [0.4, 0.5) is 5.69 Å². The number of nitrogens with one attached hydrogen (secondary N) is 1. The van der Waals surface area contributed by atoms with Crippen LogP contribution < -0.4 is 4.90 Å². The first-order valence-electron chi connectivity index (χ1n) is 10.8. The van der Waals surface area contributed by atoms with Crippen molar-refractivity contribution in [3.8, 4) is 11.3 Å². The number of benzene rings is 3. The number of aryl methyl sites for hydroxylation is 2. The van der Waals surface area contributed by atoms with Crippen LogP contribution >= 0.6 is 0 Å². The summed E-state index contributed by atoms with van der Waals surface area (Å²) in [7, 11) is 0. The van der Waals surface area contributed by atoms with Crippen LogP contribution in [0.25, 0.3) is 22.0 Å². The molecule has 0 saturated carbocycles. The van der Waals surface area contributed by atoms with E-state index in [9.17, 15) is 4.79 Å². The molecular formula is C26H26N4O. The van der Waals surface area contributed by atoms with Gasteiger partial charge >= 0.3 is 0 Å². The number of hydrogen-bond donors (Lipinski definition) is 1. The van der Waals surface area contributed by atoms with Crippen molar-refractivity contribution in [3.05, 3.63) is 83.6 Å². The number of amides is 1. The molecular weight excluding hydrogens is 384 g/mol. The third-order valence-electron chi connectivity index (χ3n) is 6.15. The number of rotatable bonds is 3. The Morgan fingerprint density at radius 2 is 1.68 bits per heavy atom. The van der Waals surface area contributed by atoms with Crippen molar-refractivity contribution in [2.75, 3.05) is 31.1 Å². The summed E-state index contributed by atoms with van der Waals surface area (Å²) >= 11 is 0. The Morgan fingerprint density at radius 3 is 2.52 bits per heavy atom. The molecule has 1 aliphatic heterocycles. The van der Waals surface area contributed by atoms with Gasteiger partial charge in [0.05, 0.1) is 5.69 Å². The first-order chi connectivity index (χ1) is 15.1. The molecule has 1 amide bonds. The van der Waals surface area contributed by atoms with Crippen LogP contribution in [-0.4, -0.2) is 47.2 Å². The highest BCUT2D eigenvalue weighted by molar-refractivity contribution is 5.98. The van der Waals surface area contributed by atoms with E-state index in [-0.39, 0.29) is 5.91 Å². The van der Waals surface area contributed by atoms with E-state index in [2.05, 4.69) is 71.4 Å². The van der Waals surface area contributed by atoms with Crippen molar-refractivity contribution >= 4 is 22.4 Å². The molecule has 0 unspecified atom stereocenters. The van der Waals surface area contributed by atoms with Crippen LogP contribution in [0.3, 0.4) is 0 Å². The second-order valence-electron chi connectivity index (χ2n) is 8.26. The molecule has 0 radical (unpaired) electrons. The summed E-state index contributed by atoms with van der Waals surface area (Å²) < 4.78 is 0. The van der Waals surface area contributed by atoms with Gasteiger partial charge in [0.15, 0.2) is 0 Å². The Morgan fingerprint density at radius 1 is 0.903 bits per heavy atom.